The van der Waals surface area contributed by atoms with Crippen molar-refractivity contribution >= 4 is 0 Å². The Morgan fingerprint density at radius 2 is 1.86 bits per heavy atom. The van der Waals surface area contributed by atoms with Crippen molar-refractivity contribution in [2.75, 3.05) is 13.2 Å². The predicted octanol–water partition coefficient (Wildman–Crippen LogP) is 3.94. The fourth-order valence-electron chi connectivity index (χ4n) is 2.05. The Morgan fingerprint density at radius 1 is 1.10 bits per heavy atom. The maximum Gasteiger partial charge on any atom is 0.219 e. The molecule has 4 nitrogen and oxygen atoms in total. The second-order valence-electron chi connectivity index (χ2n) is 4.69. The van der Waals surface area contributed by atoms with Gasteiger partial charge in [-0.3, -0.25) is 0 Å². The summed E-state index contributed by atoms with van der Waals surface area (Å²) in [7, 11) is 0. The van der Waals surface area contributed by atoms with Gasteiger partial charge in [0.2, 0.25) is 5.88 Å². The number of nitrogens with one attached hydrogen (secondary N) is 1. The summed E-state index contributed by atoms with van der Waals surface area (Å²) in [5, 5.41) is 3.36. The van der Waals surface area contributed by atoms with Gasteiger partial charge in [0, 0.05) is 18.3 Å². The van der Waals surface area contributed by atoms with E-state index < -0.39 is 0 Å². The first-order chi connectivity index (χ1) is 10.2. The van der Waals surface area contributed by atoms with Crippen LogP contribution in [0.3, 0.4) is 0 Å². The molecule has 0 aliphatic carbocycles. The molecular weight excluding hydrogens is 264 g/mol. The van der Waals surface area contributed by atoms with Gasteiger partial charge in [-0.25, -0.2) is 4.98 Å². The molecule has 0 aliphatic heterocycles. The summed E-state index contributed by atoms with van der Waals surface area (Å²) in [6.07, 6.45) is 1.84. The van der Waals surface area contributed by atoms with Crippen LogP contribution in [0.4, 0.5) is 0 Å². The summed E-state index contributed by atoms with van der Waals surface area (Å²) in [5.74, 6) is 1.97. The lowest BCUT2D eigenvalue weighted by Crippen LogP contribution is -2.17. The molecule has 0 aliphatic rings. The van der Waals surface area contributed by atoms with E-state index in [9.17, 15) is 0 Å². The number of hydrogen-bond acceptors (Lipinski definition) is 4. The highest BCUT2D eigenvalue weighted by Crippen LogP contribution is 2.30. The van der Waals surface area contributed by atoms with E-state index in [0.717, 1.165) is 17.9 Å². The van der Waals surface area contributed by atoms with Crippen LogP contribution in [-0.4, -0.2) is 18.1 Å². The first-order valence-electron chi connectivity index (χ1n) is 7.33. The second-order valence-corrected chi connectivity index (χ2v) is 4.69. The molecule has 0 saturated carbocycles. The van der Waals surface area contributed by atoms with Crippen molar-refractivity contribution in [3.63, 3.8) is 0 Å². The third kappa shape index (κ3) is 4.20. The molecule has 21 heavy (non-hydrogen) atoms. The molecule has 4 heteroatoms. The zero-order valence-electron chi connectivity index (χ0n) is 12.8. The molecule has 2 aromatic rings. The van der Waals surface area contributed by atoms with Crippen molar-refractivity contribution in [2.24, 2.45) is 0 Å². The highest BCUT2D eigenvalue weighted by Gasteiger charge is 2.08. The van der Waals surface area contributed by atoms with Crippen LogP contribution in [0.1, 0.15) is 32.4 Å². The van der Waals surface area contributed by atoms with Gasteiger partial charge in [-0.2, -0.15) is 0 Å². The molecule has 112 valence electrons. The Kier molecular flexibility index (Phi) is 5.58. The molecular formula is C17H22N2O2. The maximum atomic E-state index is 5.80. The number of nitrogens with zero attached hydrogens (tertiary/aromatic N) is 1. The van der Waals surface area contributed by atoms with Crippen LogP contribution < -0.4 is 14.8 Å². The molecule has 1 aromatic carbocycles. The van der Waals surface area contributed by atoms with Crippen LogP contribution in [0.5, 0.6) is 17.4 Å². The number of benzene rings is 1. The number of pyridine rings is 1. The van der Waals surface area contributed by atoms with Gasteiger partial charge in [0.15, 0.2) is 11.5 Å². The Balaban J connectivity index is 2.10. The van der Waals surface area contributed by atoms with Crippen LogP contribution in [0, 0.1) is 0 Å². The number of para-hydroxylation sites is 2. The summed E-state index contributed by atoms with van der Waals surface area (Å²) >= 11 is 0. The van der Waals surface area contributed by atoms with Crippen molar-refractivity contribution in [3.8, 4) is 17.4 Å². The van der Waals surface area contributed by atoms with E-state index in [0.29, 0.717) is 18.2 Å². The van der Waals surface area contributed by atoms with Gasteiger partial charge in [-0.05, 0) is 38.1 Å². The number of rotatable bonds is 7. The minimum absolute atomic E-state index is 0.285. The average molecular weight is 286 g/mol. The zero-order valence-corrected chi connectivity index (χ0v) is 12.8. The Morgan fingerprint density at radius 3 is 2.48 bits per heavy atom. The fourth-order valence-corrected chi connectivity index (χ4v) is 2.05. The number of ether oxygens (including phenoxy) is 2. The summed E-state index contributed by atoms with van der Waals surface area (Å²) in [5.41, 5.74) is 1.14. The van der Waals surface area contributed by atoms with E-state index in [1.165, 1.54) is 0 Å². The molecule has 1 unspecified atom stereocenters. The molecule has 0 radical (unpaired) electrons. The molecule has 1 aromatic heterocycles. The van der Waals surface area contributed by atoms with Crippen LogP contribution in [-0.2, 0) is 0 Å². The molecule has 1 atom stereocenters. The quantitative estimate of drug-likeness (QED) is 0.837. The van der Waals surface area contributed by atoms with Crippen LogP contribution in [0.2, 0.25) is 0 Å². The number of aromatic nitrogens is 1. The summed E-state index contributed by atoms with van der Waals surface area (Å²) in [6.45, 7) is 7.69. The normalized spacial score (nSPS) is 12.0. The zero-order chi connectivity index (χ0) is 15.1. The molecule has 0 amide bonds. The highest BCUT2D eigenvalue weighted by atomic mass is 16.5. The Bertz CT molecular complexity index is 555. The predicted molar refractivity (Wildman–Crippen MR) is 84.0 cm³/mol. The van der Waals surface area contributed by atoms with Gasteiger partial charge < -0.3 is 14.8 Å². The number of hydrogen-bond donors (Lipinski definition) is 1. The molecule has 0 spiro atoms. The van der Waals surface area contributed by atoms with Crippen molar-refractivity contribution in [2.45, 2.75) is 26.8 Å². The molecule has 2 rings (SSSR count). The first-order valence-corrected chi connectivity index (χ1v) is 7.33. The lowest BCUT2D eigenvalue weighted by molar-refractivity contribution is 0.319. The maximum absolute atomic E-state index is 5.80. The van der Waals surface area contributed by atoms with E-state index in [4.69, 9.17) is 9.47 Å². The van der Waals surface area contributed by atoms with Gasteiger partial charge >= 0.3 is 0 Å². The lowest BCUT2D eigenvalue weighted by Gasteiger charge is -2.13. The van der Waals surface area contributed by atoms with E-state index in [-0.39, 0.29) is 6.04 Å². The van der Waals surface area contributed by atoms with Gasteiger partial charge in [-0.1, -0.05) is 25.1 Å². The van der Waals surface area contributed by atoms with Crippen molar-refractivity contribution in [1.82, 2.24) is 10.3 Å². The van der Waals surface area contributed by atoms with E-state index in [2.05, 4.69) is 24.1 Å². The molecule has 0 saturated heterocycles. The minimum atomic E-state index is 0.285. The SMILES string of the molecule is CCNC(C)c1ccc(Oc2ccccc2OCC)nc1. The third-order valence-electron chi connectivity index (χ3n) is 3.13. The molecule has 0 bridgehead atoms. The smallest absolute Gasteiger partial charge is 0.219 e. The summed E-state index contributed by atoms with van der Waals surface area (Å²) in [6, 6.07) is 11.8. The summed E-state index contributed by atoms with van der Waals surface area (Å²) in [4.78, 5) is 4.36. The highest BCUT2D eigenvalue weighted by molar-refractivity contribution is 5.41. The van der Waals surface area contributed by atoms with Crippen LogP contribution >= 0.6 is 0 Å². The van der Waals surface area contributed by atoms with Gasteiger partial charge in [0.25, 0.3) is 0 Å². The van der Waals surface area contributed by atoms with Gasteiger partial charge in [0.05, 0.1) is 6.61 Å². The Labute approximate surface area is 126 Å². The second kappa shape index (κ2) is 7.64. The van der Waals surface area contributed by atoms with Gasteiger partial charge in [0.1, 0.15) is 0 Å². The lowest BCUT2D eigenvalue weighted by atomic mass is 10.1. The standard InChI is InChI=1S/C17H22N2O2/c1-4-18-13(3)14-10-11-17(19-12-14)21-16-9-7-6-8-15(16)20-5-2/h6-13,18H,4-5H2,1-3H3. The van der Waals surface area contributed by atoms with Crippen LogP contribution in [0.15, 0.2) is 42.6 Å². The van der Waals surface area contributed by atoms with Crippen molar-refractivity contribution in [1.29, 1.82) is 0 Å². The topological polar surface area (TPSA) is 43.4 Å². The van der Waals surface area contributed by atoms with E-state index in [1.54, 1.807) is 0 Å². The van der Waals surface area contributed by atoms with E-state index in [1.807, 2.05) is 49.5 Å². The largest absolute Gasteiger partial charge is 0.490 e. The molecule has 1 N–H and O–H groups in total. The minimum Gasteiger partial charge on any atom is -0.490 e. The monoisotopic (exact) mass is 286 g/mol. The Hall–Kier alpha value is -2.07. The van der Waals surface area contributed by atoms with Gasteiger partial charge in [-0.15, -0.1) is 0 Å². The van der Waals surface area contributed by atoms with Crippen LogP contribution in [0.25, 0.3) is 0 Å². The average Bonchev–Trinajstić information content (AvgIpc) is 2.50. The van der Waals surface area contributed by atoms with E-state index >= 15 is 0 Å². The van der Waals surface area contributed by atoms with Crippen molar-refractivity contribution in [3.05, 3.63) is 48.2 Å². The third-order valence-corrected chi connectivity index (χ3v) is 3.13. The van der Waals surface area contributed by atoms with Crippen molar-refractivity contribution < 1.29 is 9.47 Å². The fraction of sp³-hybridized carbons (Fsp3) is 0.353. The first kappa shape index (κ1) is 15.3. The molecule has 0 fully saturated rings. The summed E-state index contributed by atoms with van der Waals surface area (Å²) < 4.78 is 11.3. The molecule has 1 heterocycles.